The first-order chi connectivity index (χ1) is 16.1. The second-order valence-electron chi connectivity index (χ2n) is 7.96. The lowest BCUT2D eigenvalue weighted by Gasteiger charge is -2.29. The number of ketones is 1. The molecule has 2 heterocycles. The van der Waals surface area contributed by atoms with Crippen LogP contribution in [0, 0.1) is 6.57 Å². The number of halogens is 1. The molecule has 1 aliphatic heterocycles. The molecule has 33 heavy (non-hydrogen) atoms. The van der Waals surface area contributed by atoms with Crippen LogP contribution in [0.3, 0.4) is 0 Å². The molecular weight excluding hydrogens is 434 g/mol. The number of piperidine rings is 1. The highest BCUT2D eigenvalue weighted by molar-refractivity contribution is 6.33. The number of rotatable bonds is 7. The maximum atomic E-state index is 11.8. The van der Waals surface area contributed by atoms with Crippen LogP contribution in [0.5, 0.6) is 0 Å². The Kier molecular flexibility index (Phi) is 7.01. The van der Waals surface area contributed by atoms with Crippen molar-refractivity contribution in [3.8, 4) is 11.3 Å². The summed E-state index contributed by atoms with van der Waals surface area (Å²) in [5.74, 6) is 0.287. The SMILES string of the molecule is [C-]#[N+]c1cc(CC(=O)C=C)cc(-c2nc(Nc3cccc(N4CCCCC4)c3)ncc2Cl)c1. The number of benzene rings is 2. The number of hydrogen-bond donors (Lipinski definition) is 1. The van der Waals surface area contributed by atoms with E-state index in [1.54, 1.807) is 18.3 Å². The fourth-order valence-electron chi connectivity index (χ4n) is 3.94. The van der Waals surface area contributed by atoms with Crippen molar-refractivity contribution in [2.24, 2.45) is 0 Å². The Labute approximate surface area is 198 Å². The van der Waals surface area contributed by atoms with Gasteiger partial charge in [-0.15, -0.1) is 0 Å². The van der Waals surface area contributed by atoms with Gasteiger partial charge in [0.25, 0.3) is 0 Å². The van der Waals surface area contributed by atoms with Crippen LogP contribution in [0.4, 0.5) is 23.0 Å². The Hall–Kier alpha value is -3.69. The number of nitrogens with zero attached hydrogens (tertiary/aromatic N) is 4. The minimum Gasteiger partial charge on any atom is -0.371 e. The van der Waals surface area contributed by atoms with Crippen molar-refractivity contribution in [2.75, 3.05) is 23.3 Å². The van der Waals surface area contributed by atoms with Crippen LogP contribution in [0.15, 0.2) is 61.3 Å². The normalized spacial score (nSPS) is 13.3. The number of aromatic nitrogens is 2. The smallest absolute Gasteiger partial charge is 0.227 e. The molecular formula is C26H24ClN5O. The molecule has 1 saturated heterocycles. The van der Waals surface area contributed by atoms with E-state index in [4.69, 9.17) is 18.2 Å². The Balaban J connectivity index is 1.63. The van der Waals surface area contributed by atoms with E-state index >= 15 is 0 Å². The third-order valence-electron chi connectivity index (χ3n) is 5.55. The predicted octanol–water partition coefficient (Wildman–Crippen LogP) is 6.38. The number of hydrogen-bond acceptors (Lipinski definition) is 5. The fourth-order valence-corrected chi connectivity index (χ4v) is 4.14. The summed E-state index contributed by atoms with van der Waals surface area (Å²) in [4.78, 5) is 26.7. The number of carbonyl (C=O) groups excluding carboxylic acids is 1. The average molecular weight is 458 g/mol. The summed E-state index contributed by atoms with van der Waals surface area (Å²) in [5.41, 5.74) is 4.35. The van der Waals surface area contributed by atoms with Gasteiger partial charge in [0, 0.05) is 30.9 Å². The first-order valence-corrected chi connectivity index (χ1v) is 11.2. The predicted molar refractivity (Wildman–Crippen MR) is 133 cm³/mol. The summed E-state index contributed by atoms with van der Waals surface area (Å²) in [6, 6.07) is 13.4. The molecule has 1 fully saturated rings. The molecule has 0 atom stereocenters. The number of nitrogens with one attached hydrogen (secondary N) is 1. The van der Waals surface area contributed by atoms with E-state index in [1.165, 1.54) is 31.0 Å². The molecule has 0 unspecified atom stereocenters. The van der Waals surface area contributed by atoms with Crippen LogP contribution in [0.2, 0.25) is 5.02 Å². The van der Waals surface area contributed by atoms with Gasteiger partial charge < -0.3 is 10.2 Å². The lowest BCUT2D eigenvalue weighted by atomic mass is 10.0. The van der Waals surface area contributed by atoms with Crippen molar-refractivity contribution in [1.29, 1.82) is 0 Å². The van der Waals surface area contributed by atoms with Crippen molar-refractivity contribution in [1.82, 2.24) is 9.97 Å². The highest BCUT2D eigenvalue weighted by atomic mass is 35.5. The fraction of sp³-hybridized carbons (Fsp3) is 0.231. The van der Waals surface area contributed by atoms with Crippen molar-refractivity contribution >= 4 is 40.4 Å². The highest BCUT2D eigenvalue weighted by Crippen LogP contribution is 2.32. The Morgan fingerprint density at radius 3 is 2.79 bits per heavy atom. The average Bonchev–Trinajstić information content (AvgIpc) is 2.85. The summed E-state index contributed by atoms with van der Waals surface area (Å²) in [5, 5.41) is 3.64. The van der Waals surface area contributed by atoms with Gasteiger partial charge >= 0.3 is 0 Å². The van der Waals surface area contributed by atoms with Gasteiger partial charge in [0.1, 0.15) is 0 Å². The van der Waals surface area contributed by atoms with Crippen molar-refractivity contribution in [2.45, 2.75) is 25.7 Å². The second kappa shape index (κ2) is 10.3. The molecule has 0 spiro atoms. The van der Waals surface area contributed by atoms with Gasteiger partial charge in [0.2, 0.25) is 5.95 Å². The molecule has 0 amide bonds. The third-order valence-corrected chi connectivity index (χ3v) is 5.83. The zero-order valence-electron chi connectivity index (χ0n) is 18.2. The van der Waals surface area contributed by atoms with Crippen LogP contribution in [0.1, 0.15) is 24.8 Å². The standard InChI is InChI=1S/C26H24ClN5O/c1-3-23(33)14-18-12-19(15-21(13-18)28-2)25-24(27)17-29-26(31-25)30-20-8-7-9-22(16-20)32-10-5-4-6-11-32/h3,7-9,12-13,15-17H,1,4-6,10-11,14H2,(H,29,30,31). The van der Waals surface area contributed by atoms with Gasteiger partial charge in [-0.25, -0.2) is 14.8 Å². The Morgan fingerprint density at radius 1 is 1.21 bits per heavy atom. The minimum atomic E-state index is -0.118. The van der Waals surface area contributed by atoms with Crippen LogP contribution >= 0.6 is 11.6 Å². The Morgan fingerprint density at radius 2 is 2.03 bits per heavy atom. The summed E-state index contributed by atoms with van der Waals surface area (Å²) in [6.07, 6.45) is 6.70. The summed E-state index contributed by atoms with van der Waals surface area (Å²) in [6.45, 7) is 13.1. The molecule has 1 aliphatic rings. The molecule has 3 aromatic rings. The molecule has 6 nitrogen and oxygen atoms in total. The van der Waals surface area contributed by atoms with Crippen LogP contribution in [-0.2, 0) is 11.2 Å². The Bertz CT molecular complexity index is 1230. The monoisotopic (exact) mass is 457 g/mol. The van der Waals surface area contributed by atoms with E-state index in [2.05, 4.69) is 43.7 Å². The van der Waals surface area contributed by atoms with Gasteiger partial charge in [-0.3, -0.25) is 4.79 Å². The molecule has 2 aromatic carbocycles. The maximum absolute atomic E-state index is 11.8. The zero-order chi connectivity index (χ0) is 23.2. The highest BCUT2D eigenvalue weighted by Gasteiger charge is 2.14. The summed E-state index contributed by atoms with van der Waals surface area (Å²) < 4.78 is 0. The molecule has 4 rings (SSSR count). The largest absolute Gasteiger partial charge is 0.371 e. The van der Waals surface area contributed by atoms with Crippen molar-refractivity contribution < 1.29 is 4.79 Å². The van der Waals surface area contributed by atoms with Gasteiger partial charge in [-0.05, 0) is 55.2 Å². The van der Waals surface area contributed by atoms with Gasteiger partial charge in [0.05, 0.1) is 23.5 Å². The second-order valence-corrected chi connectivity index (χ2v) is 8.37. The molecule has 166 valence electrons. The van der Waals surface area contributed by atoms with E-state index in [1.807, 2.05) is 18.2 Å². The van der Waals surface area contributed by atoms with Crippen molar-refractivity contribution in [3.63, 3.8) is 0 Å². The number of allylic oxidation sites excluding steroid dienone is 1. The maximum Gasteiger partial charge on any atom is 0.227 e. The third kappa shape index (κ3) is 5.57. The van der Waals surface area contributed by atoms with E-state index < -0.39 is 0 Å². The zero-order valence-corrected chi connectivity index (χ0v) is 19.0. The first kappa shape index (κ1) is 22.5. The van der Waals surface area contributed by atoms with E-state index in [0.29, 0.717) is 33.5 Å². The van der Waals surface area contributed by atoms with Gasteiger partial charge in [-0.1, -0.05) is 41.9 Å². The summed E-state index contributed by atoms with van der Waals surface area (Å²) >= 11 is 6.42. The van der Waals surface area contributed by atoms with Crippen LogP contribution in [-0.4, -0.2) is 28.8 Å². The molecule has 0 saturated carbocycles. The molecule has 1 aromatic heterocycles. The molecule has 1 N–H and O–H groups in total. The lowest BCUT2D eigenvalue weighted by Crippen LogP contribution is -2.29. The summed E-state index contributed by atoms with van der Waals surface area (Å²) in [7, 11) is 0. The quantitative estimate of drug-likeness (QED) is 0.329. The van der Waals surface area contributed by atoms with Gasteiger partial charge in [0.15, 0.2) is 11.5 Å². The van der Waals surface area contributed by atoms with E-state index in [9.17, 15) is 4.79 Å². The molecule has 0 radical (unpaired) electrons. The minimum absolute atomic E-state index is 0.118. The van der Waals surface area contributed by atoms with E-state index in [0.717, 1.165) is 18.8 Å². The molecule has 7 heteroatoms. The van der Waals surface area contributed by atoms with Crippen molar-refractivity contribution in [3.05, 3.63) is 83.3 Å². The number of anilines is 3. The van der Waals surface area contributed by atoms with E-state index in [-0.39, 0.29) is 12.2 Å². The molecule has 0 aliphatic carbocycles. The van der Waals surface area contributed by atoms with Crippen LogP contribution in [0.25, 0.3) is 16.1 Å². The number of carbonyl (C=O) groups is 1. The van der Waals surface area contributed by atoms with Gasteiger partial charge in [-0.2, -0.15) is 0 Å². The topological polar surface area (TPSA) is 62.5 Å². The lowest BCUT2D eigenvalue weighted by molar-refractivity contribution is -0.114. The molecule has 0 bridgehead atoms. The van der Waals surface area contributed by atoms with Crippen LogP contribution < -0.4 is 10.2 Å². The first-order valence-electron chi connectivity index (χ1n) is 10.9.